The van der Waals surface area contributed by atoms with Crippen LogP contribution in [0.1, 0.15) is 25.5 Å². The van der Waals surface area contributed by atoms with Crippen molar-refractivity contribution in [3.63, 3.8) is 0 Å². The molecule has 10 nitrogen and oxygen atoms in total. The SMILES string of the molecule is CCN(C=C1CCC(O)(Nc2nc(NCC(F)(F)F)nc(C)c2-c2nc3ccccc3s2)C1O)S(C)(=O)=O. The van der Waals surface area contributed by atoms with Crippen LogP contribution in [0.2, 0.25) is 0 Å². The number of fused-ring (bicyclic) bond motifs is 1. The van der Waals surface area contributed by atoms with E-state index >= 15 is 0 Å². The molecule has 2 atom stereocenters. The average molecular weight is 573 g/mol. The number of aliphatic hydroxyl groups excluding tert-OH is 1. The van der Waals surface area contributed by atoms with Crippen LogP contribution >= 0.6 is 11.3 Å². The Morgan fingerprint density at radius 2 is 1.97 bits per heavy atom. The van der Waals surface area contributed by atoms with Gasteiger partial charge in [-0.25, -0.2) is 18.4 Å². The molecule has 206 valence electrons. The standard InChI is InChI=1S/C23H27F3N6O4S2/c1-4-32(38(3,35)36)11-14-9-10-22(34,18(14)33)31-19-17(20-29-15-7-5-6-8-16(15)37-20)13(2)28-21(30-19)27-12-23(24,25)26/h5-8,11,18,33-34H,4,9-10,12H2,1-3H3,(H2,27,28,30,31). The molecule has 1 fully saturated rings. The summed E-state index contributed by atoms with van der Waals surface area (Å²) in [5.41, 5.74) is -0.367. The van der Waals surface area contributed by atoms with Gasteiger partial charge in [0.15, 0.2) is 5.72 Å². The molecule has 3 aromatic rings. The first-order chi connectivity index (χ1) is 17.7. The fraction of sp³-hybridized carbons (Fsp3) is 0.435. The summed E-state index contributed by atoms with van der Waals surface area (Å²) in [6.45, 7) is 1.97. The molecule has 0 amide bonds. The summed E-state index contributed by atoms with van der Waals surface area (Å²) in [7, 11) is -3.59. The van der Waals surface area contributed by atoms with E-state index in [1.165, 1.54) is 17.5 Å². The zero-order valence-corrected chi connectivity index (χ0v) is 22.4. The van der Waals surface area contributed by atoms with Crippen molar-refractivity contribution in [2.45, 2.75) is 44.7 Å². The molecule has 2 aromatic heterocycles. The number of nitrogens with one attached hydrogen (secondary N) is 2. The Kier molecular flexibility index (Phi) is 7.58. The minimum Gasteiger partial charge on any atom is -0.384 e. The van der Waals surface area contributed by atoms with Crippen LogP contribution in [0.25, 0.3) is 20.8 Å². The normalized spacial score (nSPS) is 21.3. The predicted octanol–water partition coefficient (Wildman–Crippen LogP) is 3.46. The zero-order chi connectivity index (χ0) is 27.9. The monoisotopic (exact) mass is 572 g/mol. The Morgan fingerprint density at radius 1 is 1.26 bits per heavy atom. The molecule has 0 bridgehead atoms. The summed E-state index contributed by atoms with van der Waals surface area (Å²) >= 11 is 1.31. The molecule has 1 aliphatic carbocycles. The summed E-state index contributed by atoms with van der Waals surface area (Å²) in [5.74, 6) is -0.354. The summed E-state index contributed by atoms with van der Waals surface area (Å²) in [6.07, 6.45) is -3.58. The van der Waals surface area contributed by atoms with Crippen LogP contribution in [-0.2, 0) is 10.0 Å². The summed E-state index contributed by atoms with van der Waals surface area (Å²) in [4.78, 5) is 13.0. The molecule has 1 saturated carbocycles. The van der Waals surface area contributed by atoms with Crippen molar-refractivity contribution in [3.05, 3.63) is 41.7 Å². The van der Waals surface area contributed by atoms with Crippen LogP contribution < -0.4 is 10.6 Å². The highest BCUT2D eigenvalue weighted by Crippen LogP contribution is 2.41. The Morgan fingerprint density at radius 3 is 2.61 bits per heavy atom. The number of sulfonamides is 1. The highest BCUT2D eigenvalue weighted by atomic mass is 32.2. The van der Waals surface area contributed by atoms with Crippen molar-refractivity contribution < 1.29 is 31.8 Å². The van der Waals surface area contributed by atoms with Gasteiger partial charge in [0.1, 0.15) is 23.5 Å². The number of nitrogens with zero attached hydrogens (tertiary/aromatic N) is 4. The van der Waals surface area contributed by atoms with E-state index in [4.69, 9.17) is 0 Å². The molecule has 38 heavy (non-hydrogen) atoms. The Bertz CT molecular complexity index is 1440. The van der Waals surface area contributed by atoms with E-state index in [0.717, 1.165) is 15.3 Å². The number of para-hydroxylation sites is 1. The van der Waals surface area contributed by atoms with E-state index in [0.29, 0.717) is 21.8 Å². The topological polar surface area (TPSA) is 141 Å². The first-order valence-electron chi connectivity index (χ1n) is 11.6. The minimum atomic E-state index is -4.51. The van der Waals surface area contributed by atoms with E-state index in [9.17, 15) is 31.8 Å². The Hall–Kier alpha value is -3.01. The van der Waals surface area contributed by atoms with Crippen molar-refractivity contribution >= 4 is 43.3 Å². The van der Waals surface area contributed by atoms with Crippen LogP contribution in [0.15, 0.2) is 36.0 Å². The number of halogens is 3. The Labute approximate surface area is 221 Å². The zero-order valence-electron chi connectivity index (χ0n) is 20.7. The number of anilines is 2. The molecule has 4 rings (SSSR count). The maximum Gasteiger partial charge on any atom is 0.405 e. The molecular weight excluding hydrogens is 545 g/mol. The largest absolute Gasteiger partial charge is 0.405 e. The molecule has 15 heteroatoms. The van der Waals surface area contributed by atoms with Gasteiger partial charge in [-0.05, 0) is 38.0 Å². The average Bonchev–Trinajstić information content (AvgIpc) is 3.35. The van der Waals surface area contributed by atoms with E-state index in [2.05, 4.69) is 25.6 Å². The third-order valence-electron chi connectivity index (χ3n) is 6.03. The highest BCUT2D eigenvalue weighted by molar-refractivity contribution is 7.88. The van der Waals surface area contributed by atoms with Gasteiger partial charge in [0.25, 0.3) is 0 Å². The number of rotatable bonds is 8. The minimum absolute atomic E-state index is 0.0189. The lowest BCUT2D eigenvalue weighted by Gasteiger charge is -2.30. The number of thiazole rings is 1. The van der Waals surface area contributed by atoms with Gasteiger partial charge in [-0.2, -0.15) is 18.2 Å². The molecule has 2 heterocycles. The van der Waals surface area contributed by atoms with Crippen LogP contribution in [0.5, 0.6) is 0 Å². The van der Waals surface area contributed by atoms with Gasteiger partial charge < -0.3 is 20.8 Å². The number of benzene rings is 1. The van der Waals surface area contributed by atoms with Gasteiger partial charge in [0.05, 0.1) is 27.7 Å². The van der Waals surface area contributed by atoms with Crippen LogP contribution in [-0.4, -0.2) is 75.2 Å². The second-order valence-electron chi connectivity index (χ2n) is 8.93. The second kappa shape index (κ2) is 10.3. The van der Waals surface area contributed by atoms with Gasteiger partial charge in [0, 0.05) is 19.2 Å². The van der Waals surface area contributed by atoms with Gasteiger partial charge in [-0.3, -0.25) is 4.31 Å². The van der Waals surface area contributed by atoms with Crippen molar-refractivity contribution in [3.8, 4) is 10.6 Å². The van der Waals surface area contributed by atoms with Gasteiger partial charge >= 0.3 is 6.18 Å². The third-order valence-corrected chi connectivity index (χ3v) is 8.29. The van der Waals surface area contributed by atoms with Crippen molar-refractivity contribution in [2.24, 2.45) is 0 Å². The quantitative estimate of drug-likeness (QED) is 0.299. The van der Waals surface area contributed by atoms with Crippen LogP contribution in [0.4, 0.5) is 24.9 Å². The third kappa shape index (κ3) is 6.00. The first kappa shape index (κ1) is 28.0. The maximum atomic E-state index is 12.8. The predicted molar refractivity (Wildman–Crippen MR) is 139 cm³/mol. The molecule has 4 N–H and O–H groups in total. The molecule has 0 spiro atoms. The fourth-order valence-corrected chi connectivity index (χ4v) is 6.01. The second-order valence-corrected chi connectivity index (χ2v) is 11.9. The molecule has 1 aromatic carbocycles. The lowest BCUT2D eigenvalue weighted by Crippen LogP contribution is -2.46. The lowest BCUT2D eigenvalue weighted by molar-refractivity contribution is -0.115. The maximum absolute atomic E-state index is 12.8. The van der Waals surface area contributed by atoms with E-state index < -0.39 is 34.6 Å². The van der Waals surface area contributed by atoms with Gasteiger partial charge in [-0.15, -0.1) is 11.3 Å². The van der Waals surface area contributed by atoms with Gasteiger partial charge in [-0.1, -0.05) is 12.1 Å². The molecular formula is C23H27F3N6O4S2. The molecule has 0 radical (unpaired) electrons. The van der Waals surface area contributed by atoms with Crippen molar-refractivity contribution in [2.75, 3.05) is 30.0 Å². The van der Waals surface area contributed by atoms with Gasteiger partial charge in [0.2, 0.25) is 16.0 Å². The number of aryl methyl sites for hydroxylation is 1. The number of alkyl halides is 3. The number of hydrogen-bond donors (Lipinski definition) is 4. The highest BCUT2D eigenvalue weighted by Gasteiger charge is 2.45. The van der Waals surface area contributed by atoms with Crippen molar-refractivity contribution in [1.82, 2.24) is 19.3 Å². The van der Waals surface area contributed by atoms with Crippen LogP contribution in [0, 0.1) is 6.92 Å². The van der Waals surface area contributed by atoms with Crippen molar-refractivity contribution in [1.29, 1.82) is 0 Å². The summed E-state index contributed by atoms with van der Waals surface area (Å²) in [5, 5.41) is 27.8. The molecule has 1 aliphatic rings. The summed E-state index contributed by atoms with van der Waals surface area (Å²) < 4.78 is 64.4. The van der Waals surface area contributed by atoms with E-state index in [1.807, 2.05) is 24.3 Å². The Balaban J connectivity index is 1.75. The number of aliphatic hydroxyl groups is 2. The van der Waals surface area contributed by atoms with E-state index in [1.54, 1.807) is 13.8 Å². The fourth-order valence-electron chi connectivity index (χ4n) is 4.15. The van der Waals surface area contributed by atoms with E-state index in [-0.39, 0.29) is 36.7 Å². The lowest BCUT2D eigenvalue weighted by atomic mass is 10.1. The number of aromatic nitrogens is 3. The van der Waals surface area contributed by atoms with Crippen LogP contribution in [0.3, 0.4) is 0 Å². The smallest absolute Gasteiger partial charge is 0.384 e. The molecule has 0 aliphatic heterocycles. The first-order valence-corrected chi connectivity index (χ1v) is 14.3. The summed E-state index contributed by atoms with van der Waals surface area (Å²) in [6, 6.07) is 7.34. The molecule has 0 saturated heterocycles. The number of hydrogen-bond acceptors (Lipinski definition) is 10. The molecule has 2 unspecified atom stereocenters.